The maximum absolute atomic E-state index is 14.1. The van der Waals surface area contributed by atoms with Crippen molar-refractivity contribution in [2.45, 2.75) is 24.6 Å². The molecule has 196 valence electrons. The van der Waals surface area contributed by atoms with E-state index in [2.05, 4.69) is 30.5 Å². The number of aromatic nitrogens is 7. The zero-order chi connectivity index (χ0) is 26.5. The normalized spacial score (nSPS) is 15.1. The summed E-state index contributed by atoms with van der Waals surface area (Å²) in [4.78, 5) is 11.7. The number of hydrogen-bond donors (Lipinski definition) is 2. The number of aryl methyl sites for hydroxylation is 2. The van der Waals surface area contributed by atoms with Crippen LogP contribution in [-0.2, 0) is 43.4 Å². The largest absolute Gasteiger partial charge is 0.418 e. The lowest BCUT2D eigenvalue weighted by Crippen LogP contribution is -2.49. The summed E-state index contributed by atoms with van der Waals surface area (Å²) in [5.74, 6) is 1.77. The fraction of sp³-hybridized carbons (Fsp3) is 0.308. The number of nitrogens with zero attached hydrogens (tertiary/aromatic N) is 6. The second-order valence-corrected chi connectivity index (χ2v) is 9.72. The van der Waals surface area contributed by atoms with Gasteiger partial charge in [0.1, 0.15) is 18.0 Å². The van der Waals surface area contributed by atoms with Crippen LogP contribution >= 0.6 is 0 Å². The van der Waals surface area contributed by atoms with Crippen molar-refractivity contribution in [3.8, 4) is 11.4 Å². The van der Waals surface area contributed by atoms with E-state index in [-0.39, 0.29) is 23.0 Å². The summed E-state index contributed by atoms with van der Waals surface area (Å²) in [6.45, 7) is 1.22. The van der Waals surface area contributed by atoms with Crippen LogP contribution in [0.2, 0.25) is 0 Å². The summed E-state index contributed by atoms with van der Waals surface area (Å²) in [7, 11) is 3.70. The van der Waals surface area contributed by atoms with Crippen molar-refractivity contribution < 1.29 is 17.9 Å². The Hall–Kier alpha value is -4.19. The van der Waals surface area contributed by atoms with Crippen LogP contribution in [0.4, 0.5) is 19.1 Å². The van der Waals surface area contributed by atoms with E-state index in [1.807, 2.05) is 35.9 Å². The molecule has 0 spiro atoms. The van der Waals surface area contributed by atoms with E-state index in [0.29, 0.717) is 42.5 Å². The van der Waals surface area contributed by atoms with E-state index < -0.39 is 11.7 Å². The molecule has 12 heteroatoms. The lowest BCUT2D eigenvalue weighted by atomic mass is 9.75. The van der Waals surface area contributed by atoms with Crippen LogP contribution in [0.5, 0.6) is 0 Å². The maximum Gasteiger partial charge on any atom is 0.418 e. The van der Waals surface area contributed by atoms with Gasteiger partial charge in [-0.3, -0.25) is 0 Å². The highest BCUT2D eigenvalue weighted by Crippen LogP contribution is 2.39. The molecule has 1 aliphatic heterocycles. The lowest BCUT2D eigenvalue weighted by Gasteiger charge is -2.41. The molecule has 1 aliphatic rings. The number of benzene rings is 2. The molecule has 5 aromatic rings. The van der Waals surface area contributed by atoms with Crippen molar-refractivity contribution in [1.29, 1.82) is 0 Å². The minimum atomic E-state index is -4.55. The second kappa shape index (κ2) is 8.98. The average Bonchev–Trinajstić information content (AvgIpc) is 3.58. The van der Waals surface area contributed by atoms with E-state index >= 15 is 0 Å². The number of nitrogens with one attached hydrogen (secondary N) is 2. The zero-order valence-corrected chi connectivity index (χ0v) is 20.8. The number of anilines is 1. The number of aromatic amines is 1. The molecule has 0 aliphatic carbocycles. The zero-order valence-electron chi connectivity index (χ0n) is 20.8. The molecular weight excluding hydrogens is 497 g/mol. The van der Waals surface area contributed by atoms with Gasteiger partial charge in [0.2, 0.25) is 5.95 Å². The third-order valence-electron chi connectivity index (χ3n) is 7.04. The first kappa shape index (κ1) is 24.2. The maximum atomic E-state index is 14.1. The van der Waals surface area contributed by atoms with Gasteiger partial charge < -0.3 is 24.2 Å². The van der Waals surface area contributed by atoms with E-state index in [0.717, 1.165) is 17.5 Å². The Morgan fingerprint density at radius 2 is 1.97 bits per heavy atom. The topological polar surface area (TPSA) is 98.5 Å². The van der Waals surface area contributed by atoms with Gasteiger partial charge in [0.25, 0.3) is 0 Å². The van der Waals surface area contributed by atoms with Crippen LogP contribution in [0.25, 0.3) is 22.4 Å². The molecule has 0 amide bonds. The monoisotopic (exact) mass is 522 g/mol. The number of rotatable bonds is 7. The average molecular weight is 523 g/mol. The molecule has 2 aromatic carbocycles. The summed E-state index contributed by atoms with van der Waals surface area (Å²) in [6, 6.07) is 10.5. The standard InChI is InChI=1S/C26H25F3N8O/c1-36-7-6-30-24(36)31-12-16-8-19(26(27,28)29)22-20(9-16)33-23(34-22)17-4-3-5-18(10-17)25(13-38-14-25)11-21-35-32-15-37(21)2/h3-10,15H,11-14H2,1-2H3,(H,30,31)(H,33,34). The third-order valence-corrected chi connectivity index (χ3v) is 7.04. The lowest BCUT2D eigenvalue weighted by molar-refractivity contribution is -0.136. The van der Waals surface area contributed by atoms with Crippen LogP contribution in [0, 0.1) is 0 Å². The van der Waals surface area contributed by atoms with E-state index in [4.69, 9.17) is 4.74 Å². The Labute approximate surface area is 215 Å². The molecule has 3 aromatic heterocycles. The number of hydrogen-bond acceptors (Lipinski definition) is 6. The highest BCUT2D eigenvalue weighted by molar-refractivity contribution is 5.84. The SMILES string of the molecule is Cn1cnnc1CC1(c2cccc(-c3nc4cc(CNc5nccn5C)cc(C(F)(F)F)c4[nH]3)c2)COC1. The first-order valence-electron chi connectivity index (χ1n) is 12.0. The Balaban J connectivity index is 1.36. The quantitative estimate of drug-likeness (QED) is 0.332. The fourth-order valence-electron chi connectivity index (χ4n) is 4.84. The summed E-state index contributed by atoms with van der Waals surface area (Å²) in [5, 5.41) is 11.3. The van der Waals surface area contributed by atoms with Crippen LogP contribution in [-0.4, -0.2) is 47.5 Å². The van der Waals surface area contributed by atoms with Crippen LogP contribution in [0.1, 0.15) is 22.5 Å². The van der Waals surface area contributed by atoms with Gasteiger partial charge in [0.15, 0.2) is 0 Å². The Morgan fingerprint density at radius 1 is 1.13 bits per heavy atom. The molecule has 6 rings (SSSR count). The summed E-state index contributed by atoms with van der Waals surface area (Å²) in [5.41, 5.74) is 1.33. The minimum Gasteiger partial charge on any atom is -0.379 e. The van der Waals surface area contributed by atoms with Crippen molar-refractivity contribution in [2.24, 2.45) is 14.1 Å². The fourth-order valence-corrected chi connectivity index (χ4v) is 4.84. The Kier molecular flexibility index (Phi) is 5.71. The summed E-state index contributed by atoms with van der Waals surface area (Å²) < 4.78 is 51.4. The van der Waals surface area contributed by atoms with Crippen molar-refractivity contribution in [1.82, 2.24) is 34.3 Å². The van der Waals surface area contributed by atoms with Crippen LogP contribution in [0.3, 0.4) is 0 Å². The van der Waals surface area contributed by atoms with Gasteiger partial charge >= 0.3 is 6.18 Å². The molecule has 0 saturated carbocycles. The van der Waals surface area contributed by atoms with Crippen LogP contribution < -0.4 is 5.32 Å². The van der Waals surface area contributed by atoms with Gasteiger partial charge in [-0.15, -0.1) is 10.2 Å². The summed E-state index contributed by atoms with van der Waals surface area (Å²) >= 11 is 0. The number of alkyl halides is 3. The van der Waals surface area contributed by atoms with Gasteiger partial charge in [-0.25, -0.2) is 9.97 Å². The first-order valence-corrected chi connectivity index (χ1v) is 12.0. The highest BCUT2D eigenvalue weighted by Gasteiger charge is 2.42. The van der Waals surface area contributed by atoms with Crippen molar-refractivity contribution in [3.63, 3.8) is 0 Å². The minimum absolute atomic E-state index is 0.0422. The predicted molar refractivity (Wildman–Crippen MR) is 134 cm³/mol. The van der Waals surface area contributed by atoms with Gasteiger partial charge in [-0.2, -0.15) is 13.2 Å². The van der Waals surface area contributed by atoms with E-state index in [9.17, 15) is 13.2 Å². The second-order valence-electron chi connectivity index (χ2n) is 9.72. The first-order chi connectivity index (χ1) is 18.2. The molecule has 2 N–H and O–H groups in total. The van der Waals surface area contributed by atoms with E-state index in [1.54, 1.807) is 36.4 Å². The highest BCUT2D eigenvalue weighted by atomic mass is 19.4. The molecule has 0 bridgehead atoms. The molecular formula is C26H25F3N8O. The molecule has 9 nitrogen and oxygen atoms in total. The molecule has 4 heterocycles. The van der Waals surface area contributed by atoms with Gasteiger partial charge in [-0.1, -0.05) is 18.2 Å². The Morgan fingerprint density at radius 3 is 2.63 bits per heavy atom. The van der Waals surface area contributed by atoms with Gasteiger partial charge in [-0.05, 0) is 29.3 Å². The van der Waals surface area contributed by atoms with Crippen molar-refractivity contribution in [3.05, 3.63) is 77.6 Å². The van der Waals surface area contributed by atoms with Crippen LogP contribution in [0.15, 0.2) is 55.1 Å². The molecule has 1 fully saturated rings. The smallest absolute Gasteiger partial charge is 0.379 e. The Bertz CT molecular complexity index is 1610. The van der Waals surface area contributed by atoms with Gasteiger partial charge in [0, 0.05) is 50.4 Å². The number of fused-ring (bicyclic) bond motifs is 1. The number of H-pyrrole nitrogens is 1. The van der Waals surface area contributed by atoms with Crippen molar-refractivity contribution in [2.75, 3.05) is 18.5 Å². The van der Waals surface area contributed by atoms with Gasteiger partial charge in [0.05, 0.1) is 29.8 Å². The molecule has 0 unspecified atom stereocenters. The van der Waals surface area contributed by atoms with E-state index in [1.165, 1.54) is 0 Å². The summed E-state index contributed by atoms with van der Waals surface area (Å²) in [6.07, 6.45) is 1.12. The number of halogens is 3. The van der Waals surface area contributed by atoms with Crippen molar-refractivity contribution >= 4 is 17.0 Å². The predicted octanol–water partition coefficient (Wildman–Crippen LogP) is 4.23. The number of ether oxygens (including phenoxy) is 1. The third kappa shape index (κ3) is 4.30. The molecule has 1 saturated heterocycles. The molecule has 38 heavy (non-hydrogen) atoms. The molecule has 0 radical (unpaired) electrons. The molecule has 0 atom stereocenters. The number of imidazole rings is 2.